The molecule has 2 N–H and O–H groups in total. The van der Waals surface area contributed by atoms with Gasteiger partial charge in [-0.1, -0.05) is 0 Å². The summed E-state index contributed by atoms with van der Waals surface area (Å²) in [6, 6.07) is 3.67. The first-order chi connectivity index (χ1) is 11.2. The number of methoxy groups -OCH3 is 2. The van der Waals surface area contributed by atoms with E-state index in [0.717, 1.165) is 29.7 Å². The fourth-order valence-corrected chi connectivity index (χ4v) is 2.83. The number of carbonyl (C=O) groups is 1. The van der Waals surface area contributed by atoms with Crippen LogP contribution in [0.15, 0.2) is 18.3 Å². The zero-order valence-electron chi connectivity index (χ0n) is 12.9. The van der Waals surface area contributed by atoms with Crippen LogP contribution in [0.25, 0.3) is 10.9 Å². The molecule has 1 aromatic carbocycles. The Bertz CT molecular complexity index is 731. The van der Waals surface area contributed by atoms with Gasteiger partial charge in [0.25, 0.3) is 0 Å². The summed E-state index contributed by atoms with van der Waals surface area (Å²) in [5.41, 5.74) is 3.33. The van der Waals surface area contributed by atoms with Gasteiger partial charge in [-0.15, -0.1) is 0 Å². The lowest BCUT2D eigenvalue weighted by Crippen LogP contribution is -2.48. The van der Waals surface area contributed by atoms with Gasteiger partial charge in [0.05, 0.1) is 31.6 Å². The summed E-state index contributed by atoms with van der Waals surface area (Å²) in [7, 11) is 3.17. The summed E-state index contributed by atoms with van der Waals surface area (Å²) >= 11 is 0. The van der Waals surface area contributed by atoms with Crippen molar-refractivity contribution < 1.29 is 19.5 Å². The van der Waals surface area contributed by atoms with Crippen molar-refractivity contribution in [2.24, 2.45) is 5.92 Å². The smallest absolute Gasteiger partial charge is 0.243 e. The Morgan fingerprint density at radius 1 is 1.35 bits per heavy atom. The second kappa shape index (κ2) is 6.25. The maximum absolute atomic E-state index is 11.2. The molecule has 2 aromatic rings. The van der Waals surface area contributed by atoms with E-state index in [1.807, 2.05) is 6.07 Å². The van der Waals surface area contributed by atoms with Crippen LogP contribution in [-0.4, -0.2) is 48.6 Å². The highest BCUT2D eigenvalue weighted by atomic mass is 16.5. The number of amides is 1. The van der Waals surface area contributed by atoms with Crippen LogP contribution in [-0.2, 0) is 4.79 Å². The summed E-state index contributed by atoms with van der Waals surface area (Å²) < 4.78 is 10.6. The number of carbonyl (C=O) groups excluding carboxylic acids is 1. The lowest BCUT2D eigenvalue weighted by molar-refractivity contribution is -0.130. The molecule has 2 heterocycles. The lowest BCUT2D eigenvalue weighted by Gasteiger charge is -2.40. The van der Waals surface area contributed by atoms with Gasteiger partial charge in [0.2, 0.25) is 5.91 Å². The van der Waals surface area contributed by atoms with Crippen molar-refractivity contribution in [1.29, 1.82) is 0 Å². The van der Waals surface area contributed by atoms with Gasteiger partial charge in [-0.05, 0) is 6.07 Å². The number of nitrogens with one attached hydrogen (secondary N) is 1. The van der Waals surface area contributed by atoms with E-state index in [4.69, 9.17) is 14.7 Å². The number of rotatable bonds is 5. The minimum absolute atomic E-state index is 0.213. The van der Waals surface area contributed by atoms with Gasteiger partial charge in [0.15, 0.2) is 11.5 Å². The third-order valence-corrected chi connectivity index (χ3v) is 4.02. The first-order valence-electron chi connectivity index (χ1n) is 7.21. The fourth-order valence-electron chi connectivity index (χ4n) is 2.83. The Balaban J connectivity index is 1.86. The normalized spacial score (nSPS) is 14.5. The zero-order valence-corrected chi connectivity index (χ0v) is 12.9. The Hall–Kier alpha value is -2.61. The van der Waals surface area contributed by atoms with E-state index in [2.05, 4.69) is 15.1 Å². The Morgan fingerprint density at radius 2 is 2.04 bits per heavy atom. The molecule has 23 heavy (non-hydrogen) atoms. The number of hydrogen-bond acceptors (Lipinski definition) is 7. The number of aromatic nitrogens is 2. The molecule has 0 unspecified atom stereocenters. The predicted octanol–water partition coefficient (Wildman–Crippen LogP) is 0.979. The van der Waals surface area contributed by atoms with E-state index in [1.54, 1.807) is 32.0 Å². The largest absolute Gasteiger partial charge is 0.493 e. The van der Waals surface area contributed by atoms with Gasteiger partial charge in [0, 0.05) is 36.9 Å². The molecular formula is C15H18N4O4. The third kappa shape index (κ3) is 2.85. The van der Waals surface area contributed by atoms with Gasteiger partial charge in [-0.2, -0.15) is 10.2 Å². The summed E-state index contributed by atoms with van der Waals surface area (Å²) in [6.07, 6.45) is 2.01. The first kappa shape index (κ1) is 15.3. The summed E-state index contributed by atoms with van der Waals surface area (Å²) in [4.78, 5) is 13.3. The lowest BCUT2D eigenvalue weighted by atomic mass is 9.95. The van der Waals surface area contributed by atoms with Crippen LogP contribution >= 0.6 is 0 Å². The van der Waals surface area contributed by atoms with Crippen LogP contribution in [0.1, 0.15) is 6.42 Å². The van der Waals surface area contributed by atoms with Crippen molar-refractivity contribution in [3.63, 3.8) is 0 Å². The van der Waals surface area contributed by atoms with Crippen LogP contribution < -0.4 is 19.9 Å². The molecule has 122 valence electrons. The molecule has 0 spiro atoms. The quantitative estimate of drug-likeness (QED) is 0.626. The number of ether oxygens (including phenoxy) is 2. The number of nitrogens with zero attached hydrogens (tertiary/aromatic N) is 3. The molecule has 8 nitrogen and oxygen atoms in total. The molecule has 0 aliphatic carbocycles. The molecular weight excluding hydrogens is 300 g/mol. The molecule has 1 fully saturated rings. The second-order valence-corrected chi connectivity index (χ2v) is 5.46. The fraction of sp³-hybridized carbons (Fsp3) is 0.400. The maximum Gasteiger partial charge on any atom is 0.243 e. The van der Waals surface area contributed by atoms with Crippen molar-refractivity contribution in [2.75, 3.05) is 32.2 Å². The average molecular weight is 318 g/mol. The highest BCUT2D eigenvalue weighted by molar-refractivity contribution is 5.93. The van der Waals surface area contributed by atoms with E-state index in [0.29, 0.717) is 17.9 Å². The summed E-state index contributed by atoms with van der Waals surface area (Å²) in [6.45, 7) is 1.45. The molecule has 8 heteroatoms. The molecule has 1 aliphatic rings. The molecule has 0 saturated carbocycles. The molecule has 0 radical (unpaired) electrons. The van der Waals surface area contributed by atoms with E-state index in [1.165, 1.54) is 0 Å². The van der Waals surface area contributed by atoms with Gasteiger partial charge in [0.1, 0.15) is 0 Å². The summed E-state index contributed by atoms with van der Waals surface area (Å²) in [5, 5.41) is 17.7. The van der Waals surface area contributed by atoms with Crippen LogP contribution in [0.2, 0.25) is 0 Å². The van der Waals surface area contributed by atoms with Gasteiger partial charge < -0.3 is 14.4 Å². The van der Waals surface area contributed by atoms with Gasteiger partial charge >= 0.3 is 0 Å². The van der Waals surface area contributed by atoms with E-state index >= 15 is 0 Å². The topological polar surface area (TPSA) is 96.8 Å². The van der Waals surface area contributed by atoms with Crippen LogP contribution in [0.3, 0.4) is 0 Å². The average Bonchev–Trinajstić information content (AvgIpc) is 2.55. The number of hydroxylamine groups is 1. The predicted molar refractivity (Wildman–Crippen MR) is 82.9 cm³/mol. The summed E-state index contributed by atoms with van der Waals surface area (Å²) in [5.74, 6) is 1.09. The third-order valence-electron chi connectivity index (χ3n) is 4.02. The van der Waals surface area contributed by atoms with Gasteiger partial charge in [-0.25, -0.2) is 5.48 Å². The monoisotopic (exact) mass is 318 g/mol. The van der Waals surface area contributed by atoms with Crippen LogP contribution in [0, 0.1) is 5.92 Å². The maximum atomic E-state index is 11.2. The molecule has 3 rings (SSSR count). The van der Waals surface area contributed by atoms with Crippen molar-refractivity contribution in [3.8, 4) is 11.5 Å². The van der Waals surface area contributed by atoms with E-state index in [9.17, 15) is 4.79 Å². The molecule has 1 aliphatic heterocycles. The molecule has 0 atom stereocenters. The highest BCUT2D eigenvalue weighted by Crippen LogP contribution is 2.37. The standard InChI is InChI=1S/C15H18N4O4/c1-22-13-4-10-11(5-14(13)23-2)17-16-6-12(10)19-7-9(8-19)3-15(20)18-21/h4-6,9,21H,3,7-8H2,1-2H3,(H,18,20). The number of benzene rings is 1. The van der Waals surface area contributed by atoms with Crippen molar-refractivity contribution in [3.05, 3.63) is 18.3 Å². The Labute approximate surface area is 133 Å². The SMILES string of the molecule is COc1cc2nncc(N3CC(CC(=O)NO)C3)c2cc1OC. The first-order valence-corrected chi connectivity index (χ1v) is 7.21. The second-order valence-electron chi connectivity index (χ2n) is 5.46. The van der Waals surface area contributed by atoms with Crippen molar-refractivity contribution in [1.82, 2.24) is 15.7 Å². The van der Waals surface area contributed by atoms with Crippen LogP contribution in [0.4, 0.5) is 5.69 Å². The zero-order chi connectivity index (χ0) is 16.4. The Kier molecular flexibility index (Phi) is 4.16. The molecule has 1 saturated heterocycles. The minimum atomic E-state index is -0.362. The van der Waals surface area contributed by atoms with Crippen molar-refractivity contribution >= 4 is 22.5 Å². The minimum Gasteiger partial charge on any atom is -0.493 e. The Morgan fingerprint density at radius 3 is 2.70 bits per heavy atom. The van der Waals surface area contributed by atoms with Crippen LogP contribution in [0.5, 0.6) is 11.5 Å². The molecule has 1 amide bonds. The molecule has 0 bridgehead atoms. The van der Waals surface area contributed by atoms with E-state index in [-0.39, 0.29) is 11.8 Å². The number of hydrogen-bond donors (Lipinski definition) is 2. The van der Waals surface area contributed by atoms with E-state index < -0.39 is 0 Å². The van der Waals surface area contributed by atoms with Crippen molar-refractivity contribution in [2.45, 2.75) is 6.42 Å². The number of anilines is 1. The number of fused-ring (bicyclic) bond motifs is 1. The highest BCUT2D eigenvalue weighted by Gasteiger charge is 2.30. The van der Waals surface area contributed by atoms with Gasteiger partial charge in [-0.3, -0.25) is 10.0 Å². The molecule has 1 aromatic heterocycles.